The summed E-state index contributed by atoms with van der Waals surface area (Å²) < 4.78 is 25.7. The molecule has 1 heterocycles. The van der Waals surface area contributed by atoms with Gasteiger partial charge in [0.05, 0.1) is 27.0 Å². The summed E-state index contributed by atoms with van der Waals surface area (Å²) in [5, 5.41) is 8.70. The Labute approximate surface area is 185 Å². The van der Waals surface area contributed by atoms with Crippen LogP contribution in [0.15, 0.2) is 70.3 Å². The van der Waals surface area contributed by atoms with Crippen LogP contribution in [0.4, 0.5) is 11.4 Å². The molecular formula is C23H22N2O4S2. The van der Waals surface area contributed by atoms with Crippen molar-refractivity contribution >= 4 is 44.4 Å². The van der Waals surface area contributed by atoms with Gasteiger partial charge in [0, 0.05) is 11.1 Å². The molecule has 2 amide bonds. The highest BCUT2D eigenvalue weighted by atomic mass is 32.2. The third kappa shape index (κ3) is 4.70. The van der Waals surface area contributed by atoms with E-state index in [1.54, 1.807) is 59.3 Å². The third-order valence-corrected chi connectivity index (χ3v) is 8.31. The fourth-order valence-corrected chi connectivity index (χ4v) is 6.25. The monoisotopic (exact) mass is 454 g/mol. The molecule has 0 saturated heterocycles. The van der Waals surface area contributed by atoms with E-state index in [0.29, 0.717) is 29.8 Å². The van der Waals surface area contributed by atoms with Crippen LogP contribution < -0.4 is 10.6 Å². The van der Waals surface area contributed by atoms with Gasteiger partial charge in [0.1, 0.15) is 0 Å². The van der Waals surface area contributed by atoms with Crippen molar-refractivity contribution in [3.8, 4) is 0 Å². The van der Waals surface area contributed by atoms with Crippen LogP contribution in [-0.4, -0.2) is 25.5 Å². The summed E-state index contributed by atoms with van der Waals surface area (Å²) in [6.45, 7) is 0. The number of carbonyl (C=O) groups excluding carboxylic acids is 2. The van der Waals surface area contributed by atoms with Crippen molar-refractivity contribution in [2.75, 3.05) is 10.6 Å². The smallest absolute Gasteiger partial charge is 0.257 e. The molecule has 2 aromatic carbocycles. The summed E-state index contributed by atoms with van der Waals surface area (Å²) in [5.41, 5.74) is 1.58. The molecule has 1 aliphatic rings. The summed E-state index contributed by atoms with van der Waals surface area (Å²) >= 11 is 1.41. The predicted octanol–water partition coefficient (Wildman–Crippen LogP) is 4.97. The second kappa shape index (κ2) is 9.03. The lowest BCUT2D eigenvalue weighted by Gasteiger charge is -2.14. The molecule has 1 fully saturated rings. The number of nitrogens with one attached hydrogen (secondary N) is 2. The lowest BCUT2D eigenvalue weighted by molar-refractivity contribution is 0.102. The number of hydrogen-bond donors (Lipinski definition) is 2. The molecule has 1 saturated carbocycles. The number of anilines is 2. The van der Waals surface area contributed by atoms with Crippen molar-refractivity contribution in [3.05, 3.63) is 76.5 Å². The van der Waals surface area contributed by atoms with Crippen molar-refractivity contribution in [2.24, 2.45) is 0 Å². The number of amides is 2. The van der Waals surface area contributed by atoms with Crippen LogP contribution in [0.1, 0.15) is 46.4 Å². The number of sulfone groups is 1. The van der Waals surface area contributed by atoms with Crippen LogP contribution in [0, 0.1) is 0 Å². The average molecular weight is 455 g/mol. The van der Waals surface area contributed by atoms with E-state index in [1.165, 1.54) is 17.4 Å². The van der Waals surface area contributed by atoms with Gasteiger partial charge in [0.15, 0.2) is 9.84 Å². The van der Waals surface area contributed by atoms with Crippen LogP contribution in [0.3, 0.4) is 0 Å². The van der Waals surface area contributed by atoms with E-state index in [0.717, 1.165) is 12.8 Å². The molecule has 0 atom stereocenters. The maximum Gasteiger partial charge on any atom is 0.257 e. The Kier molecular flexibility index (Phi) is 6.20. The normalized spacial score (nSPS) is 14.3. The number of benzene rings is 2. The second-order valence-electron chi connectivity index (χ2n) is 7.45. The second-order valence-corrected chi connectivity index (χ2v) is 10.5. The van der Waals surface area contributed by atoms with Gasteiger partial charge in [-0.3, -0.25) is 9.59 Å². The molecule has 0 spiro atoms. The Hall–Kier alpha value is -2.97. The quantitative estimate of drug-likeness (QED) is 0.550. The highest BCUT2D eigenvalue weighted by molar-refractivity contribution is 7.92. The first-order chi connectivity index (χ1) is 14.9. The zero-order valence-electron chi connectivity index (χ0n) is 16.7. The lowest BCUT2D eigenvalue weighted by Crippen LogP contribution is -2.19. The number of thiophene rings is 1. The first-order valence-electron chi connectivity index (χ1n) is 10.0. The van der Waals surface area contributed by atoms with E-state index in [-0.39, 0.29) is 21.6 Å². The zero-order valence-corrected chi connectivity index (χ0v) is 18.3. The van der Waals surface area contributed by atoms with E-state index < -0.39 is 15.7 Å². The van der Waals surface area contributed by atoms with Crippen LogP contribution in [0.25, 0.3) is 0 Å². The van der Waals surface area contributed by atoms with Crippen LogP contribution in [0.2, 0.25) is 0 Å². The summed E-state index contributed by atoms with van der Waals surface area (Å²) in [7, 11) is -3.42. The molecule has 8 heteroatoms. The fraction of sp³-hybridized carbons (Fsp3) is 0.217. The molecule has 3 aromatic rings. The minimum absolute atomic E-state index is 0.219. The molecular weight excluding hydrogens is 432 g/mol. The topological polar surface area (TPSA) is 92.3 Å². The minimum Gasteiger partial charge on any atom is -0.322 e. The Morgan fingerprint density at radius 3 is 2.42 bits per heavy atom. The third-order valence-electron chi connectivity index (χ3n) is 5.36. The van der Waals surface area contributed by atoms with Gasteiger partial charge in [-0.15, -0.1) is 0 Å². The Morgan fingerprint density at radius 2 is 1.68 bits per heavy atom. The van der Waals surface area contributed by atoms with Crippen molar-refractivity contribution in [2.45, 2.75) is 35.8 Å². The largest absolute Gasteiger partial charge is 0.322 e. The Balaban J connectivity index is 1.53. The van der Waals surface area contributed by atoms with Crippen molar-refractivity contribution < 1.29 is 18.0 Å². The van der Waals surface area contributed by atoms with Crippen LogP contribution in [0.5, 0.6) is 0 Å². The van der Waals surface area contributed by atoms with E-state index >= 15 is 0 Å². The van der Waals surface area contributed by atoms with E-state index in [1.807, 2.05) is 0 Å². The summed E-state index contributed by atoms with van der Waals surface area (Å²) in [6.07, 6.45) is 3.20. The van der Waals surface area contributed by atoms with Crippen molar-refractivity contribution in [3.63, 3.8) is 0 Å². The van der Waals surface area contributed by atoms with Gasteiger partial charge >= 0.3 is 0 Å². The van der Waals surface area contributed by atoms with Gasteiger partial charge in [-0.05, 0) is 54.6 Å². The zero-order chi connectivity index (χ0) is 21.8. The van der Waals surface area contributed by atoms with Crippen molar-refractivity contribution in [1.82, 2.24) is 0 Å². The molecule has 0 bridgehead atoms. The minimum atomic E-state index is -3.42. The molecule has 4 rings (SSSR count). The SMILES string of the molecule is O=C(Nc1ccccc1C(=O)Nc1cccc(S(=O)(=O)C2CCCC2)c1)c1ccsc1. The Bertz CT molecular complexity index is 1200. The lowest BCUT2D eigenvalue weighted by atomic mass is 10.1. The molecule has 2 N–H and O–H groups in total. The van der Waals surface area contributed by atoms with Gasteiger partial charge in [-0.25, -0.2) is 8.42 Å². The summed E-state index contributed by atoms with van der Waals surface area (Å²) in [6, 6.07) is 14.7. The summed E-state index contributed by atoms with van der Waals surface area (Å²) in [5.74, 6) is -0.734. The number of para-hydroxylation sites is 1. The molecule has 6 nitrogen and oxygen atoms in total. The van der Waals surface area contributed by atoms with Crippen LogP contribution in [-0.2, 0) is 9.84 Å². The van der Waals surface area contributed by atoms with Gasteiger partial charge < -0.3 is 10.6 Å². The number of rotatable bonds is 6. The maximum absolute atomic E-state index is 12.9. The highest BCUT2D eigenvalue weighted by Gasteiger charge is 2.30. The average Bonchev–Trinajstić information content (AvgIpc) is 3.49. The first-order valence-corrected chi connectivity index (χ1v) is 12.5. The summed E-state index contributed by atoms with van der Waals surface area (Å²) in [4.78, 5) is 25.5. The maximum atomic E-state index is 12.9. The highest BCUT2D eigenvalue weighted by Crippen LogP contribution is 2.30. The first kappa shape index (κ1) is 21.3. The predicted molar refractivity (Wildman–Crippen MR) is 123 cm³/mol. The van der Waals surface area contributed by atoms with Crippen LogP contribution >= 0.6 is 11.3 Å². The van der Waals surface area contributed by atoms with Gasteiger partial charge in [0.2, 0.25) is 0 Å². The van der Waals surface area contributed by atoms with Gasteiger partial charge in [0.25, 0.3) is 11.8 Å². The standard InChI is InChI=1S/C23H22N2O4S2/c26-22(16-12-13-30-15-16)25-21-11-4-3-10-20(21)23(27)24-17-6-5-9-19(14-17)31(28,29)18-7-1-2-8-18/h3-6,9-15,18H,1-2,7-8H2,(H,24,27)(H,25,26). The van der Waals surface area contributed by atoms with Crippen molar-refractivity contribution in [1.29, 1.82) is 0 Å². The number of hydrogen-bond acceptors (Lipinski definition) is 5. The van der Waals surface area contributed by atoms with Gasteiger partial charge in [-0.1, -0.05) is 31.0 Å². The molecule has 0 aliphatic heterocycles. The molecule has 0 unspecified atom stereocenters. The molecule has 1 aliphatic carbocycles. The van der Waals surface area contributed by atoms with Gasteiger partial charge in [-0.2, -0.15) is 11.3 Å². The van der Waals surface area contributed by atoms with E-state index in [9.17, 15) is 18.0 Å². The van der Waals surface area contributed by atoms with E-state index in [4.69, 9.17) is 0 Å². The molecule has 160 valence electrons. The molecule has 31 heavy (non-hydrogen) atoms. The number of carbonyl (C=O) groups is 2. The fourth-order valence-electron chi connectivity index (χ4n) is 3.72. The van der Waals surface area contributed by atoms with E-state index in [2.05, 4.69) is 10.6 Å². The Morgan fingerprint density at radius 1 is 0.903 bits per heavy atom. The molecule has 1 aromatic heterocycles. The molecule has 0 radical (unpaired) electrons.